The standard InChI is InChI=1S/C20H28N4O2S/c1-13-22-19(18-15-3-2-4-17(15)27-20(18)23-13)21-11-16(14-5-8-26-12-14)24-6-9-25-10-7-24/h14,16H,2-12H2,1H3,(H,21,22,23). The number of anilines is 1. The first kappa shape index (κ1) is 17.8. The number of thiophene rings is 1. The van der Waals surface area contributed by atoms with E-state index in [1.54, 1.807) is 0 Å². The second kappa shape index (κ2) is 7.62. The van der Waals surface area contributed by atoms with Gasteiger partial charge in [-0.3, -0.25) is 4.90 Å². The Labute approximate surface area is 164 Å². The fourth-order valence-electron chi connectivity index (χ4n) is 4.79. The van der Waals surface area contributed by atoms with E-state index in [1.165, 1.54) is 35.1 Å². The Morgan fingerprint density at radius 2 is 2.07 bits per heavy atom. The number of ether oxygens (including phenoxy) is 2. The zero-order chi connectivity index (χ0) is 18.2. The van der Waals surface area contributed by atoms with Crippen molar-refractivity contribution < 1.29 is 9.47 Å². The van der Waals surface area contributed by atoms with Crippen LogP contribution in [-0.2, 0) is 22.3 Å². The Morgan fingerprint density at radius 1 is 1.19 bits per heavy atom. The molecule has 1 aliphatic carbocycles. The van der Waals surface area contributed by atoms with Crippen molar-refractivity contribution in [2.45, 2.75) is 38.6 Å². The maximum absolute atomic E-state index is 5.71. The second-order valence-electron chi connectivity index (χ2n) is 7.88. The lowest BCUT2D eigenvalue weighted by Crippen LogP contribution is -2.50. The number of hydrogen-bond donors (Lipinski definition) is 1. The average Bonchev–Trinajstić information content (AvgIpc) is 3.39. The molecule has 27 heavy (non-hydrogen) atoms. The maximum Gasteiger partial charge on any atom is 0.138 e. The highest BCUT2D eigenvalue weighted by Gasteiger charge is 2.32. The van der Waals surface area contributed by atoms with Crippen LogP contribution in [0.2, 0.25) is 0 Å². The molecule has 2 fully saturated rings. The van der Waals surface area contributed by atoms with Crippen LogP contribution in [0.4, 0.5) is 5.82 Å². The van der Waals surface area contributed by atoms with E-state index in [1.807, 2.05) is 18.3 Å². The molecule has 2 aromatic heterocycles. The van der Waals surface area contributed by atoms with Gasteiger partial charge in [0.25, 0.3) is 0 Å². The Kier molecular flexibility index (Phi) is 5.02. The Balaban J connectivity index is 1.41. The molecule has 7 heteroatoms. The van der Waals surface area contributed by atoms with Crippen molar-refractivity contribution in [3.05, 3.63) is 16.3 Å². The summed E-state index contributed by atoms with van der Waals surface area (Å²) < 4.78 is 11.3. The van der Waals surface area contributed by atoms with Crippen LogP contribution in [0.15, 0.2) is 0 Å². The minimum Gasteiger partial charge on any atom is -0.381 e. The minimum atomic E-state index is 0.466. The summed E-state index contributed by atoms with van der Waals surface area (Å²) in [6, 6.07) is 0.466. The van der Waals surface area contributed by atoms with Crippen molar-refractivity contribution in [3.63, 3.8) is 0 Å². The Hall–Kier alpha value is -1.28. The molecule has 0 bridgehead atoms. The van der Waals surface area contributed by atoms with Gasteiger partial charge in [0.2, 0.25) is 0 Å². The maximum atomic E-state index is 5.71. The fraction of sp³-hybridized carbons (Fsp3) is 0.700. The summed E-state index contributed by atoms with van der Waals surface area (Å²) in [4.78, 5) is 14.8. The molecule has 146 valence electrons. The highest BCUT2D eigenvalue weighted by molar-refractivity contribution is 7.19. The van der Waals surface area contributed by atoms with Crippen LogP contribution in [-0.4, -0.2) is 67.0 Å². The third kappa shape index (κ3) is 3.46. The van der Waals surface area contributed by atoms with E-state index in [0.717, 1.165) is 69.0 Å². The molecular formula is C20H28N4O2S. The smallest absolute Gasteiger partial charge is 0.138 e. The molecule has 2 saturated heterocycles. The lowest BCUT2D eigenvalue weighted by atomic mass is 9.97. The number of hydrogen-bond acceptors (Lipinski definition) is 7. The van der Waals surface area contributed by atoms with Gasteiger partial charge in [-0.2, -0.15) is 0 Å². The largest absolute Gasteiger partial charge is 0.381 e. The molecule has 0 spiro atoms. The molecule has 2 atom stereocenters. The van der Waals surface area contributed by atoms with Crippen molar-refractivity contribution in [2.75, 3.05) is 51.4 Å². The van der Waals surface area contributed by atoms with E-state index in [9.17, 15) is 0 Å². The SMILES string of the molecule is Cc1nc(NCC(C2CCOC2)N2CCOCC2)c2c3c(sc2n1)CCC3. The van der Waals surface area contributed by atoms with Crippen LogP contribution in [0, 0.1) is 12.8 Å². The van der Waals surface area contributed by atoms with Crippen LogP contribution >= 0.6 is 11.3 Å². The summed E-state index contributed by atoms with van der Waals surface area (Å²) in [5, 5.41) is 5.02. The van der Waals surface area contributed by atoms with Gasteiger partial charge in [0, 0.05) is 43.1 Å². The summed E-state index contributed by atoms with van der Waals surface area (Å²) >= 11 is 1.86. The number of nitrogens with zero attached hydrogens (tertiary/aromatic N) is 3. The molecule has 0 saturated carbocycles. The first-order valence-corrected chi connectivity index (χ1v) is 11.0. The summed E-state index contributed by atoms with van der Waals surface area (Å²) in [7, 11) is 0. The normalized spacial score (nSPS) is 24.4. The fourth-order valence-corrected chi connectivity index (χ4v) is 6.10. The van der Waals surface area contributed by atoms with Gasteiger partial charge in [-0.15, -0.1) is 11.3 Å². The van der Waals surface area contributed by atoms with E-state index >= 15 is 0 Å². The van der Waals surface area contributed by atoms with E-state index in [0.29, 0.717) is 12.0 Å². The Bertz CT molecular complexity index is 812. The molecule has 0 amide bonds. The highest BCUT2D eigenvalue weighted by Crippen LogP contribution is 2.39. The topological polar surface area (TPSA) is 59.5 Å². The van der Waals surface area contributed by atoms with E-state index in [2.05, 4.69) is 10.2 Å². The second-order valence-corrected chi connectivity index (χ2v) is 8.96. The lowest BCUT2D eigenvalue weighted by Gasteiger charge is -2.37. The van der Waals surface area contributed by atoms with Gasteiger partial charge in [0.15, 0.2) is 0 Å². The number of nitrogens with one attached hydrogen (secondary N) is 1. The number of aryl methyl sites for hydroxylation is 3. The molecule has 2 aliphatic heterocycles. The van der Waals surface area contributed by atoms with Gasteiger partial charge in [-0.1, -0.05) is 0 Å². The quantitative estimate of drug-likeness (QED) is 0.850. The third-order valence-corrected chi connectivity index (χ3v) is 7.36. The van der Waals surface area contributed by atoms with Gasteiger partial charge in [-0.05, 0) is 38.2 Å². The predicted molar refractivity (Wildman–Crippen MR) is 108 cm³/mol. The van der Waals surface area contributed by atoms with Crippen molar-refractivity contribution in [1.82, 2.24) is 14.9 Å². The van der Waals surface area contributed by atoms with Gasteiger partial charge < -0.3 is 14.8 Å². The van der Waals surface area contributed by atoms with Crippen molar-refractivity contribution >= 4 is 27.4 Å². The first-order chi connectivity index (χ1) is 13.3. The van der Waals surface area contributed by atoms with E-state index in [4.69, 9.17) is 19.4 Å². The number of fused-ring (bicyclic) bond motifs is 3. The monoisotopic (exact) mass is 388 g/mol. The molecular weight excluding hydrogens is 360 g/mol. The highest BCUT2D eigenvalue weighted by atomic mass is 32.1. The molecule has 5 rings (SSSR count). The molecule has 2 unspecified atom stereocenters. The molecule has 1 N–H and O–H groups in total. The molecule has 0 radical (unpaired) electrons. The van der Waals surface area contributed by atoms with Crippen molar-refractivity contribution in [2.24, 2.45) is 5.92 Å². The minimum absolute atomic E-state index is 0.466. The van der Waals surface area contributed by atoms with Gasteiger partial charge in [0.1, 0.15) is 16.5 Å². The summed E-state index contributed by atoms with van der Waals surface area (Å²) in [6.45, 7) is 8.35. The van der Waals surface area contributed by atoms with Crippen LogP contribution < -0.4 is 5.32 Å². The van der Waals surface area contributed by atoms with Crippen LogP contribution in [0.25, 0.3) is 10.2 Å². The van der Waals surface area contributed by atoms with Crippen LogP contribution in [0.3, 0.4) is 0 Å². The van der Waals surface area contributed by atoms with Crippen LogP contribution in [0.1, 0.15) is 29.1 Å². The number of rotatable bonds is 5. The number of aromatic nitrogens is 2. The molecule has 0 aromatic carbocycles. The molecule has 3 aliphatic rings. The summed E-state index contributed by atoms with van der Waals surface area (Å²) in [5.41, 5.74) is 1.49. The van der Waals surface area contributed by atoms with E-state index < -0.39 is 0 Å². The predicted octanol–water partition coefficient (Wildman–Crippen LogP) is 2.64. The average molecular weight is 389 g/mol. The first-order valence-electron chi connectivity index (χ1n) is 10.2. The summed E-state index contributed by atoms with van der Waals surface area (Å²) in [6.07, 6.45) is 4.78. The van der Waals surface area contributed by atoms with Crippen molar-refractivity contribution in [1.29, 1.82) is 0 Å². The molecule has 4 heterocycles. The van der Waals surface area contributed by atoms with Gasteiger partial charge >= 0.3 is 0 Å². The Morgan fingerprint density at radius 3 is 2.89 bits per heavy atom. The lowest BCUT2D eigenvalue weighted by molar-refractivity contribution is 0.00460. The molecule has 6 nitrogen and oxygen atoms in total. The summed E-state index contributed by atoms with van der Waals surface area (Å²) in [5.74, 6) is 2.48. The zero-order valence-electron chi connectivity index (χ0n) is 16.0. The number of morpholine rings is 1. The third-order valence-electron chi connectivity index (χ3n) is 6.18. The zero-order valence-corrected chi connectivity index (χ0v) is 16.8. The van der Waals surface area contributed by atoms with Crippen LogP contribution in [0.5, 0.6) is 0 Å². The van der Waals surface area contributed by atoms with Crippen molar-refractivity contribution in [3.8, 4) is 0 Å². The van der Waals surface area contributed by atoms with Gasteiger partial charge in [-0.25, -0.2) is 9.97 Å². The van der Waals surface area contributed by atoms with Gasteiger partial charge in [0.05, 0.1) is 25.2 Å². The van der Waals surface area contributed by atoms with E-state index in [-0.39, 0.29) is 0 Å². The molecule has 2 aromatic rings.